The summed E-state index contributed by atoms with van der Waals surface area (Å²) in [4.78, 5) is 0. The van der Waals surface area contributed by atoms with Crippen LogP contribution in [0.2, 0.25) is 0 Å². The van der Waals surface area contributed by atoms with Crippen molar-refractivity contribution < 1.29 is 9.47 Å². The van der Waals surface area contributed by atoms with Gasteiger partial charge >= 0.3 is 0 Å². The average Bonchev–Trinajstić information content (AvgIpc) is 2.74. The Morgan fingerprint density at radius 1 is 1.50 bits per heavy atom. The van der Waals surface area contributed by atoms with Gasteiger partial charge in [-0.3, -0.25) is 0 Å². The Morgan fingerprint density at radius 2 is 2.38 bits per heavy atom. The molecule has 1 unspecified atom stereocenters. The molecule has 4 heteroatoms. The van der Waals surface area contributed by atoms with Crippen molar-refractivity contribution in [1.29, 1.82) is 0 Å². The van der Waals surface area contributed by atoms with Gasteiger partial charge in [-0.05, 0) is 31.0 Å². The topological polar surface area (TPSA) is 44.5 Å². The SMILES string of the molecule is Nc1cc(Br)ccc1OCCC1CCCO1. The predicted molar refractivity (Wildman–Crippen MR) is 67.6 cm³/mol. The third-order valence-corrected chi connectivity index (χ3v) is 3.19. The molecule has 2 N–H and O–H groups in total. The molecule has 0 spiro atoms. The summed E-state index contributed by atoms with van der Waals surface area (Å²) in [5, 5.41) is 0. The van der Waals surface area contributed by atoms with Gasteiger partial charge in [0.25, 0.3) is 0 Å². The van der Waals surface area contributed by atoms with Crippen molar-refractivity contribution in [3.8, 4) is 5.75 Å². The van der Waals surface area contributed by atoms with E-state index >= 15 is 0 Å². The van der Waals surface area contributed by atoms with Crippen molar-refractivity contribution in [3.63, 3.8) is 0 Å². The molecule has 1 saturated heterocycles. The number of anilines is 1. The van der Waals surface area contributed by atoms with Crippen molar-refractivity contribution in [1.82, 2.24) is 0 Å². The third-order valence-electron chi connectivity index (χ3n) is 2.69. The summed E-state index contributed by atoms with van der Waals surface area (Å²) in [6, 6.07) is 5.66. The van der Waals surface area contributed by atoms with Gasteiger partial charge in [0.05, 0.1) is 18.4 Å². The Balaban J connectivity index is 1.80. The Bertz CT molecular complexity index is 351. The minimum absolute atomic E-state index is 0.372. The number of hydrogen-bond acceptors (Lipinski definition) is 3. The van der Waals surface area contributed by atoms with Crippen molar-refractivity contribution in [2.24, 2.45) is 0 Å². The molecule has 1 atom stereocenters. The highest BCUT2D eigenvalue weighted by atomic mass is 79.9. The Morgan fingerprint density at radius 3 is 3.06 bits per heavy atom. The fraction of sp³-hybridized carbons (Fsp3) is 0.500. The minimum Gasteiger partial charge on any atom is -0.491 e. The molecule has 2 rings (SSSR count). The fourth-order valence-corrected chi connectivity index (χ4v) is 2.20. The van der Waals surface area contributed by atoms with Crippen LogP contribution in [0, 0.1) is 0 Å². The van der Waals surface area contributed by atoms with Crippen molar-refractivity contribution in [2.75, 3.05) is 18.9 Å². The lowest BCUT2D eigenvalue weighted by molar-refractivity contribution is 0.0904. The number of halogens is 1. The van der Waals surface area contributed by atoms with Gasteiger partial charge in [0.2, 0.25) is 0 Å². The second-order valence-corrected chi connectivity index (χ2v) is 4.87. The van der Waals surface area contributed by atoms with Crippen LogP contribution in [0.15, 0.2) is 22.7 Å². The lowest BCUT2D eigenvalue weighted by Gasteiger charge is -2.12. The van der Waals surface area contributed by atoms with E-state index in [2.05, 4.69) is 15.9 Å². The van der Waals surface area contributed by atoms with Crippen LogP contribution in [-0.4, -0.2) is 19.3 Å². The number of nitrogens with two attached hydrogens (primary N) is 1. The standard InChI is InChI=1S/C12H16BrNO2/c13-9-3-4-12(11(14)8-9)16-7-5-10-2-1-6-15-10/h3-4,8,10H,1-2,5-7,14H2. The first-order chi connectivity index (χ1) is 7.75. The smallest absolute Gasteiger partial charge is 0.142 e. The van der Waals surface area contributed by atoms with E-state index in [-0.39, 0.29) is 0 Å². The lowest BCUT2D eigenvalue weighted by atomic mass is 10.2. The fourth-order valence-electron chi connectivity index (χ4n) is 1.82. The van der Waals surface area contributed by atoms with Crippen molar-refractivity contribution in [2.45, 2.75) is 25.4 Å². The maximum atomic E-state index is 5.83. The minimum atomic E-state index is 0.372. The Labute approximate surface area is 104 Å². The second kappa shape index (κ2) is 5.55. The maximum absolute atomic E-state index is 5.83. The van der Waals surface area contributed by atoms with Gasteiger partial charge in [-0.2, -0.15) is 0 Å². The predicted octanol–water partition coefficient (Wildman–Crippen LogP) is 2.98. The van der Waals surface area contributed by atoms with Crippen molar-refractivity contribution >= 4 is 21.6 Å². The van der Waals surface area contributed by atoms with Crippen LogP contribution in [0.5, 0.6) is 5.75 Å². The molecule has 0 bridgehead atoms. The number of benzene rings is 1. The van der Waals surface area contributed by atoms with E-state index in [4.69, 9.17) is 15.2 Å². The Hall–Kier alpha value is -0.740. The first kappa shape index (κ1) is 11.7. The largest absolute Gasteiger partial charge is 0.491 e. The van der Waals surface area contributed by atoms with Crippen LogP contribution in [0.25, 0.3) is 0 Å². The van der Waals surface area contributed by atoms with Gasteiger partial charge in [0, 0.05) is 17.5 Å². The first-order valence-corrected chi connectivity index (χ1v) is 6.34. The number of hydrogen-bond donors (Lipinski definition) is 1. The van der Waals surface area contributed by atoms with Gasteiger partial charge in [-0.25, -0.2) is 0 Å². The van der Waals surface area contributed by atoms with E-state index in [1.165, 1.54) is 6.42 Å². The summed E-state index contributed by atoms with van der Waals surface area (Å²) in [5.41, 5.74) is 6.50. The molecule has 1 heterocycles. The summed E-state index contributed by atoms with van der Waals surface area (Å²) >= 11 is 3.36. The number of ether oxygens (including phenoxy) is 2. The van der Waals surface area contributed by atoms with E-state index in [1.807, 2.05) is 18.2 Å². The van der Waals surface area contributed by atoms with E-state index in [0.29, 0.717) is 18.4 Å². The summed E-state index contributed by atoms with van der Waals surface area (Å²) in [5.74, 6) is 0.751. The zero-order chi connectivity index (χ0) is 11.4. The van der Waals surface area contributed by atoms with Crippen LogP contribution < -0.4 is 10.5 Å². The van der Waals surface area contributed by atoms with Crippen LogP contribution in [-0.2, 0) is 4.74 Å². The molecule has 1 fully saturated rings. The normalized spacial score (nSPS) is 19.9. The molecule has 3 nitrogen and oxygen atoms in total. The number of nitrogen functional groups attached to an aromatic ring is 1. The van der Waals surface area contributed by atoms with Gasteiger partial charge in [0.1, 0.15) is 5.75 Å². The third kappa shape index (κ3) is 3.12. The van der Waals surface area contributed by atoms with E-state index in [9.17, 15) is 0 Å². The monoisotopic (exact) mass is 285 g/mol. The highest BCUT2D eigenvalue weighted by molar-refractivity contribution is 9.10. The van der Waals surface area contributed by atoms with Crippen LogP contribution in [0.4, 0.5) is 5.69 Å². The molecule has 16 heavy (non-hydrogen) atoms. The first-order valence-electron chi connectivity index (χ1n) is 5.55. The molecule has 1 aromatic rings. The molecule has 0 aliphatic carbocycles. The second-order valence-electron chi connectivity index (χ2n) is 3.95. The molecule has 1 aromatic carbocycles. The lowest BCUT2D eigenvalue weighted by Crippen LogP contribution is -2.11. The van der Waals surface area contributed by atoms with Crippen LogP contribution in [0.3, 0.4) is 0 Å². The summed E-state index contributed by atoms with van der Waals surface area (Å²) < 4.78 is 12.1. The zero-order valence-corrected chi connectivity index (χ0v) is 10.7. The summed E-state index contributed by atoms with van der Waals surface area (Å²) in [6.07, 6.45) is 3.64. The van der Waals surface area contributed by atoms with Gasteiger partial charge in [0.15, 0.2) is 0 Å². The molecular formula is C12H16BrNO2. The summed E-state index contributed by atoms with van der Waals surface area (Å²) in [6.45, 7) is 1.56. The number of rotatable bonds is 4. The maximum Gasteiger partial charge on any atom is 0.142 e. The zero-order valence-electron chi connectivity index (χ0n) is 9.12. The van der Waals surface area contributed by atoms with Crippen molar-refractivity contribution in [3.05, 3.63) is 22.7 Å². The molecule has 0 radical (unpaired) electrons. The van der Waals surface area contributed by atoms with Gasteiger partial charge < -0.3 is 15.2 Å². The molecule has 88 valence electrons. The Kier molecular flexibility index (Phi) is 4.07. The molecule has 1 aliphatic rings. The van der Waals surface area contributed by atoms with E-state index in [0.717, 1.165) is 29.7 Å². The van der Waals surface area contributed by atoms with Gasteiger partial charge in [-0.15, -0.1) is 0 Å². The van der Waals surface area contributed by atoms with Crippen LogP contribution >= 0.6 is 15.9 Å². The molecule has 0 aromatic heterocycles. The quantitative estimate of drug-likeness (QED) is 0.865. The highest BCUT2D eigenvalue weighted by Crippen LogP contribution is 2.25. The summed E-state index contributed by atoms with van der Waals surface area (Å²) in [7, 11) is 0. The molecular weight excluding hydrogens is 270 g/mol. The van der Waals surface area contributed by atoms with Gasteiger partial charge in [-0.1, -0.05) is 15.9 Å². The highest BCUT2D eigenvalue weighted by Gasteiger charge is 2.15. The van der Waals surface area contributed by atoms with E-state index in [1.54, 1.807) is 0 Å². The van der Waals surface area contributed by atoms with Crippen LogP contribution in [0.1, 0.15) is 19.3 Å². The van der Waals surface area contributed by atoms with E-state index < -0.39 is 0 Å². The average molecular weight is 286 g/mol. The molecule has 1 aliphatic heterocycles. The molecule has 0 saturated carbocycles. The molecule has 0 amide bonds.